The van der Waals surface area contributed by atoms with Crippen molar-refractivity contribution in [3.63, 3.8) is 0 Å². The zero-order chi connectivity index (χ0) is 16.3. The lowest BCUT2D eigenvalue weighted by molar-refractivity contribution is 0.340. The van der Waals surface area contributed by atoms with Gasteiger partial charge in [-0.3, -0.25) is 0 Å². The third-order valence-corrected chi connectivity index (χ3v) is 3.49. The van der Waals surface area contributed by atoms with E-state index in [1.165, 1.54) is 14.2 Å². The van der Waals surface area contributed by atoms with Crippen LogP contribution in [-0.4, -0.2) is 40.5 Å². The fraction of sp³-hybridized carbons (Fsp3) is 0.294. The SMILES string of the molecule is COc1cc(N(C)C)ccc1-c1cc(OC)c(O)c(OC)c1. The average molecular weight is 303 g/mol. The monoisotopic (exact) mass is 303 g/mol. The quantitative estimate of drug-likeness (QED) is 0.919. The van der Waals surface area contributed by atoms with Crippen LogP contribution in [0.15, 0.2) is 30.3 Å². The number of nitrogens with zero attached hydrogens (tertiary/aromatic N) is 1. The van der Waals surface area contributed by atoms with Gasteiger partial charge in [-0.15, -0.1) is 0 Å². The number of phenols is 1. The van der Waals surface area contributed by atoms with Crippen LogP contribution in [0.1, 0.15) is 0 Å². The number of hydrogen-bond acceptors (Lipinski definition) is 5. The molecule has 0 bridgehead atoms. The molecule has 2 aromatic rings. The van der Waals surface area contributed by atoms with Gasteiger partial charge in [-0.1, -0.05) is 0 Å². The summed E-state index contributed by atoms with van der Waals surface area (Å²) in [7, 11) is 8.59. The van der Waals surface area contributed by atoms with Gasteiger partial charge in [0.1, 0.15) is 5.75 Å². The highest BCUT2D eigenvalue weighted by Gasteiger charge is 2.15. The van der Waals surface area contributed by atoms with E-state index in [0.717, 1.165) is 22.6 Å². The lowest BCUT2D eigenvalue weighted by atomic mass is 10.0. The maximum absolute atomic E-state index is 10.0. The highest BCUT2D eigenvalue weighted by Crippen LogP contribution is 2.43. The number of rotatable bonds is 5. The molecular weight excluding hydrogens is 282 g/mol. The molecule has 0 unspecified atom stereocenters. The molecule has 0 spiro atoms. The van der Waals surface area contributed by atoms with E-state index in [-0.39, 0.29) is 5.75 Å². The van der Waals surface area contributed by atoms with Gasteiger partial charge in [0.2, 0.25) is 5.75 Å². The number of phenolic OH excluding ortho intramolecular Hbond substituents is 1. The molecule has 0 radical (unpaired) electrons. The Labute approximate surface area is 130 Å². The summed E-state index contributed by atoms with van der Waals surface area (Å²) in [5.74, 6) is 1.43. The van der Waals surface area contributed by atoms with Crippen LogP contribution in [0.4, 0.5) is 5.69 Å². The zero-order valence-corrected chi connectivity index (χ0v) is 13.5. The van der Waals surface area contributed by atoms with Crippen LogP contribution in [0.2, 0.25) is 0 Å². The molecule has 1 N–H and O–H groups in total. The Hall–Kier alpha value is -2.56. The average Bonchev–Trinajstić information content (AvgIpc) is 2.54. The fourth-order valence-electron chi connectivity index (χ4n) is 2.25. The van der Waals surface area contributed by atoms with Gasteiger partial charge in [0, 0.05) is 31.4 Å². The Bertz CT molecular complexity index is 643. The minimum atomic E-state index is -0.0161. The molecule has 0 heterocycles. The van der Waals surface area contributed by atoms with Crippen molar-refractivity contribution in [2.75, 3.05) is 40.3 Å². The van der Waals surface area contributed by atoms with Crippen molar-refractivity contribution in [3.8, 4) is 34.1 Å². The normalized spacial score (nSPS) is 10.2. The van der Waals surface area contributed by atoms with E-state index in [9.17, 15) is 5.11 Å². The summed E-state index contributed by atoms with van der Waals surface area (Å²) < 4.78 is 15.9. The summed E-state index contributed by atoms with van der Waals surface area (Å²) >= 11 is 0. The van der Waals surface area contributed by atoms with Crippen molar-refractivity contribution in [2.24, 2.45) is 0 Å². The van der Waals surface area contributed by atoms with Gasteiger partial charge in [0.05, 0.1) is 21.3 Å². The van der Waals surface area contributed by atoms with Gasteiger partial charge < -0.3 is 24.2 Å². The maximum atomic E-state index is 10.0. The molecule has 0 aliphatic carbocycles. The third kappa shape index (κ3) is 2.88. The summed E-state index contributed by atoms with van der Waals surface area (Å²) in [6.45, 7) is 0. The fourth-order valence-corrected chi connectivity index (χ4v) is 2.25. The number of anilines is 1. The Morgan fingerprint density at radius 3 is 1.82 bits per heavy atom. The summed E-state index contributed by atoms with van der Waals surface area (Å²) in [6, 6.07) is 9.44. The Morgan fingerprint density at radius 2 is 1.36 bits per heavy atom. The van der Waals surface area contributed by atoms with E-state index in [0.29, 0.717) is 11.5 Å². The second kappa shape index (κ2) is 6.47. The molecule has 0 aromatic heterocycles. The number of benzene rings is 2. The molecule has 22 heavy (non-hydrogen) atoms. The predicted octanol–water partition coefficient (Wildman–Crippen LogP) is 3.15. The summed E-state index contributed by atoms with van der Waals surface area (Å²) in [4.78, 5) is 2.00. The summed E-state index contributed by atoms with van der Waals surface area (Å²) in [5, 5.41) is 10.0. The third-order valence-electron chi connectivity index (χ3n) is 3.49. The number of aromatic hydroxyl groups is 1. The molecule has 5 nitrogen and oxygen atoms in total. The van der Waals surface area contributed by atoms with Crippen LogP contribution in [-0.2, 0) is 0 Å². The standard InChI is InChI=1S/C17H21NO4/c1-18(2)12-6-7-13(14(10-12)20-3)11-8-15(21-4)17(19)16(9-11)22-5/h6-10,19H,1-5H3. The largest absolute Gasteiger partial charge is 0.502 e. The lowest BCUT2D eigenvalue weighted by Gasteiger charge is -2.17. The van der Waals surface area contributed by atoms with Crippen molar-refractivity contribution >= 4 is 5.69 Å². The van der Waals surface area contributed by atoms with E-state index >= 15 is 0 Å². The molecule has 0 atom stereocenters. The van der Waals surface area contributed by atoms with Gasteiger partial charge in [-0.05, 0) is 29.8 Å². The first kappa shape index (κ1) is 15.8. The van der Waals surface area contributed by atoms with Gasteiger partial charge in [0.15, 0.2) is 11.5 Å². The van der Waals surface area contributed by atoms with Crippen LogP contribution in [0, 0.1) is 0 Å². The molecule has 5 heteroatoms. The Morgan fingerprint density at radius 1 is 0.818 bits per heavy atom. The first-order valence-corrected chi connectivity index (χ1v) is 6.82. The molecular formula is C17H21NO4. The number of ether oxygens (including phenoxy) is 3. The van der Waals surface area contributed by atoms with Crippen molar-refractivity contribution in [2.45, 2.75) is 0 Å². The van der Waals surface area contributed by atoms with Gasteiger partial charge in [-0.2, -0.15) is 0 Å². The van der Waals surface area contributed by atoms with E-state index in [1.807, 2.05) is 37.2 Å². The highest BCUT2D eigenvalue weighted by molar-refractivity contribution is 5.77. The molecule has 0 aliphatic heterocycles. The van der Waals surface area contributed by atoms with Crippen LogP contribution < -0.4 is 19.1 Å². The van der Waals surface area contributed by atoms with Crippen LogP contribution in [0.5, 0.6) is 23.0 Å². The van der Waals surface area contributed by atoms with E-state index in [4.69, 9.17) is 14.2 Å². The Kier molecular flexibility index (Phi) is 4.65. The molecule has 2 aromatic carbocycles. The van der Waals surface area contributed by atoms with E-state index < -0.39 is 0 Å². The second-order valence-corrected chi connectivity index (χ2v) is 5.01. The second-order valence-electron chi connectivity index (χ2n) is 5.01. The van der Waals surface area contributed by atoms with E-state index in [2.05, 4.69) is 0 Å². The molecule has 0 fully saturated rings. The van der Waals surface area contributed by atoms with Gasteiger partial charge >= 0.3 is 0 Å². The van der Waals surface area contributed by atoms with Gasteiger partial charge in [-0.25, -0.2) is 0 Å². The topological polar surface area (TPSA) is 51.2 Å². The first-order valence-electron chi connectivity index (χ1n) is 6.82. The molecule has 0 aliphatic rings. The maximum Gasteiger partial charge on any atom is 0.200 e. The first-order chi connectivity index (χ1) is 10.5. The number of hydrogen-bond donors (Lipinski definition) is 1. The van der Waals surface area contributed by atoms with Crippen molar-refractivity contribution in [1.29, 1.82) is 0 Å². The molecule has 2 rings (SSSR count). The molecule has 0 saturated heterocycles. The minimum Gasteiger partial charge on any atom is -0.502 e. The number of methoxy groups -OCH3 is 3. The summed E-state index contributed by atoms with van der Waals surface area (Å²) in [5.41, 5.74) is 2.77. The van der Waals surface area contributed by atoms with E-state index in [1.54, 1.807) is 19.2 Å². The van der Waals surface area contributed by atoms with Crippen LogP contribution in [0.25, 0.3) is 11.1 Å². The summed E-state index contributed by atoms with van der Waals surface area (Å²) in [6.07, 6.45) is 0. The molecule has 118 valence electrons. The van der Waals surface area contributed by atoms with Crippen LogP contribution >= 0.6 is 0 Å². The van der Waals surface area contributed by atoms with Crippen molar-refractivity contribution in [3.05, 3.63) is 30.3 Å². The predicted molar refractivity (Wildman–Crippen MR) is 87.5 cm³/mol. The molecule has 0 amide bonds. The van der Waals surface area contributed by atoms with Crippen molar-refractivity contribution < 1.29 is 19.3 Å². The van der Waals surface area contributed by atoms with Gasteiger partial charge in [0.25, 0.3) is 0 Å². The van der Waals surface area contributed by atoms with Crippen molar-refractivity contribution in [1.82, 2.24) is 0 Å². The Balaban J connectivity index is 2.60. The minimum absolute atomic E-state index is 0.0161. The smallest absolute Gasteiger partial charge is 0.200 e. The highest BCUT2D eigenvalue weighted by atomic mass is 16.5. The van der Waals surface area contributed by atoms with Crippen LogP contribution in [0.3, 0.4) is 0 Å². The lowest BCUT2D eigenvalue weighted by Crippen LogP contribution is -2.08. The molecule has 0 saturated carbocycles. The zero-order valence-electron chi connectivity index (χ0n) is 13.5.